The number of pyridine rings is 1. The minimum absolute atomic E-state index is 0.137. The Bertz CT molecular complexity index is 802. The van der Waals surface area contributed by atoms with Crippen molar-refractivity contribution in [2.24, 2.45) is 5.73 Å². The minimum atomic E-state index is -3.75. The zero-order chi connectivity index (χ0) is 15.6. The van der Waals surface area contributed by atoms with Gasteiger partial charge in [-0.3, -0.25) is 4.72 Å². The van der Waals surface area contributed by atoms with E-state index < -0.39 is 10.0 Å². The van der Waals surface area contributed by atoms with Crippen molar-refractivity contribution in [3.8, 4) is 0 Å². The molecule has 0 saturated carbocycles. The summed E-state index contributed by atoms with van der Waals surface area (Å²) in [5.41, 5.74) is 7.41. The summed E-state index contributed by atoms with van der Waals surface area (Å²) in [6.45, 7) is 3.49. The summed E-state index contributed by atoms with van der Waals surface area (Å²) < 4.78 is 27.5. The Labute approximate surface area is 129 Å². The third-order valence-electron chi connectivity index (χ3n) is 3.00. The van der Waals surface area contributed by atoms with Gasteiger partial charge in [-0.25, -0.2) is 13.4 Å². The molecule has 110 valence electrons. The Hall–Kier alpha value is -1.99. The van der Waals surface area contributed by atoms with Gasteiger partial charge in [-0.1, -0.05) is 30.4 Å². The summed E-state index contributed by atoms with van der Waals surface area (Å²) in [5.74, 6) is 0.303. The number of aryl methyl sites for hydroxylation is 2. The molecular formula is C14H15N3O2S2. The number of nitrogens with zero attached hydrogens (tertiary/aromatic N) is 1. The van der Waals surface area contributed by atoms with Crippen molar-refractivity contribution >= 4 is 33.0 Å². The zero-order valence-corrected chi connectivity index (χ0v) is 13.3. The minimum Gasteiger partial charge on any atom is -0.389 e. The summed E-state index contributed by atoms with van der Waals surface area (Å²) in [4.78, 5) is 4.33. The summed E-state index contributed by atoms with van der Waals surface area (Å²) in [5, 5.41) is 0. The predicted molar refractivity (Wildman–Crippen MR) is 86.8 cm³/mol. The molecule has 21 heavy (non-hydrogen) atoms. The highest BCUT2D eigenvalue weighted by molar-refractivity contribution is 7.92. The van der Waals surface area contributed by atoms with Crippen LogP contribution in [-0.2, 0) is 10.0 Å². The molecule has 5 nitrogen and oxygen atoms in total. The Morgan fingerprint density at radius 1 is 1.24 bits per heavy atom. The van der Waals surface area contributed by atoms with Gasteiger partial charge in [0.1, 0.15) is 10.8 Å². The fourth-order valence-corrected chi connectivity index (χ4v) is 3.30. The van der Waals surface area contributed by atoms with E-state index in [0.29, 0.717) is 16.9 Å². The SMILES string of the molecule is Cc1ccc(C(N)=S)cc1S(=O)(=O)Nc1ncccc1C. The topological polar surface area (TPSA) is 85.1 Å². The second kappa shape index (κ2) is 5.79. The van der Waals surface area contributed by atoms with Gasteiger partial charge in [0.05, 0.1) is 4.90 Å². The van der Waals surface area contributed by atoms with E-state index in [2.05, 4.69) is 9.71 Å². The van der Waals surface area contributed by atoms with Gasteiger partial charge < -0.3 is 5.73 Å². The van der Waals surface area contributed by atoms with Crippen molar-refractivity contribution in [2.75, 3.05) is 4.72 Å². The molecule has 3 N–H and O–H groups in total. The van der Waals surface area contributed by atoms with Gasteiger partial charge in [-0.05, 0) is 37.1 Å². The molecule has 2 rings (SSSR count). The van der Waals surface area contributed by atoms with Crippen LogP contribution >= 0.6 is 12.2 Å². The third kappa shape index (κ3) is 3.37. The highest BCUT2D eigenvalue weighted by atomic mass is 32.2. The van der Waals surface area contributed by atoms with Crippen LogP contribution < -0.4 is 10.5 Å². The van der Waals surface area contributed by atoms with Crippen LogP contribution in [0, 0.1) is 13.8 Å². The summed E-state index contributed by atoms with van der Waals surface area (Å²) in [6.07, 6.45) is 1.53. The number of sulfonamides is 1. The van der Waals surface area contributed by atoms with Gasteiger partial charge in [-0.2, -0.15) is 0 Å². The first kappa shape index (κ1) is 15.4. The maximum atomic E-state index is 12.5. The summed E-state index contributed by atoms with van der Waals surface area (Å²) in [6, 6.07) is 8.37. The van der Waals surface area contributed by atoms with Crippen LogP contribution in [0.25, 0.3) is 0 Å². The highest BCUT2D eigenvalue weighted by Crippen LogP contribution is 2.21. The first-order valence-corrected chi connectivity index (χ1v) is 8.05. The van der Waals surface area contributed by atoms with Gasteiger partial charge in [-0.15, -0.1) is 0 Å². The van der Waals surface area contributed by atoms with Crippen molar-refractivity contribution in [3.05, 3.63) is 53.2 Å². The van der Waals surface area contributed by atoms with E-state index in [9.17, 15) is 8.42 Å². The van der Waals surface area contributed by atoms with E-state index in [-0.39, 0.29) is 9.88 Å². The Balaban J connectivity index is 2.47. The number of hydrogen-bond acceptors (Lipinski definition) is 4. The van der Waals surface area contributed by atoms with Gasteiger partial charge in [0.25, 0.3) is 10.0 Å². The number of nitrogens with one attached hydrogen (secondary N) is 1. The molecular weight excluding hydrogens is 306 g/mol. The lowest BCUT2D eigenvalue weighted by molar-refractivity contribution is 0.600. The normalized spacial score (nSPS) is 11.1. The number of aromatic nitrogens is 1. The number of anilines is 1. The maximum absolute atomic E-state index is 12.5. The van der Waals surface area contributed by atoms with E-state index in [4.69, 9.17) is 18.0 Å². The molecule has 0 aliphatic heterocycles. The van der Waals surface area contributed by atoms with Crippen LogP contribution in [0.4, 0.5) is 5.82 Å². The molecule has 0 fully saturated rings. The lowest BCUT2D eigenvalue weighted by Gasteiger charge is -2.12. The molecule has 0 radical (unpaired) electrons. The number of nitrogens with two attached hydrogens (primary N) is 1. The van der Waals surface area contributed by atoms with E-state index in [0.717, 1.165) is 5.56 Å². The number of thiocarbonyl (C=S) groups is 1. The summed E-state index contributed by atoms with van der Waals surface area (Å²) in [7, 11) is -3.75. The average molecular weight is 321 g/mol. The maximum Gasteiger partial charge on any atom is 0.263 e. The Morgan fingerprint density at radius 2 is 1.95 bits per heavy atom. The first-order chi connectivity index (χ1) is 9.81. The lowest BCUT2D eigenvalue weighted by atomic mass is 10.1. The number of hydrogen-bond donors (Lipinski definition) is 2. The zero-order valence-electron chi connectivity index (χ0n) is 11.6. The van der Waals surface area contributed by atoms with Crippen LogP contribution in [0.5, 0.6) is 0 Å². The standard InChI is InChI=1S/C14H15N3O2S2/c1-9-5-6-11(13(15)20)8-12(9)21(18,19)17-14-10(2)4-3-7-16-14/h3-8H,1-2H3,(H2,15,20)(H,16,17). The van der Waals surface area contributed by atoms with Crippen molar-refractivity contribution < 1.29 is 8.42 Å². The van der Waals surface area contributed by atoms with Gasteiger partial charge in [0.15, 0.2) is 0 Å². The van der Waals surface area contributed by atoms with Crippen molar-refractivity contribution in [2.45, 2.75) is 18.7 Å². The fraction of sp³-hybridized carbons (Fsp3) is 0.143. The molecule has 0 saturated heterocycles. The molecule has 1 heterocycles. The van der Waals surface area contributed by atoms with Crippen LogP contribution in [-0.4, -0.2) is 18.4 Å². The van der Waals surface area contributed by atoms with E-state index in [1.165, 1.54) is 12.3 Å². The van der Waals surface area contributed by atoms with E-state index in [1.807, 2.05) is 0 Å². The van der Waals surface area contributed by atoms with Gasteiger partial charge >= 0.3 is 0 Å². The van der Waals surface area contributed by atoms with Crippen LogP contribution in [0.2, 0.25) is 0 Å². The van der Waals surface area contributed by atoms with Crippen molar-refractivity contribution in [1.82, 2.24) is 4.98 Å². The second-order valence-electron chi connectivity index (χ2n) is 4.62. The van der Waals surface area contributed by atoms with Gasteiger partial charge in [0, 0.05) is 11.8 Å². The Kier molecular flexibility index (Phi) is 4.24. The fourth-order valence-electron chi connectivity index (χ4n) is 1.82. The van der Waals surface area contributed by atoms with Gasteiger partial charge in [0.2, 0.25) is 0 Å². The quantitative estimate of drug-likeness (QED) is 0.843. The highest BCUT2D eigenvalue weighted by Gasteiger charge is 2.19. The molecule has 0 aliphatic carbocycles. The van der Waals surface area contributed by atoms with Crippen molar-refractivity contribution in [1.29, 1.82) is 0 Å². The molecule has 0 bridgehead atoms. The largest absolute Gasteiger partial charge is 0.389 e. The van der Waals surface area contributed by atoms with E-state index >= 15 is 0 Å². The lowest BCUT2D eigenvalue weighted by Crippen LogP contribution is -2.17. The average Bonchev–Trinajstić information content (AvgIpc) is 2.41. The summed E-state index contributed by atoms with van der Waals surface area (Å²) >= 11 is 4.89. The molecule has 1 aromatic carbocycles. The molecule has 0 spiro atoms. The smallest absolute Gasteiger partial charge is 0.263 e. The molecule has 7 heteroatoms. The van der Waals surface area contributed by atoms with E-state index in [1.54, 1.807) is 38.1 Å². The first-order valence-electron chi connectivity index (χ1n) is 6.16. The van der Waals surface area contributed by atoms with Crippen LogP contribution in [0.3, 0.4) is 0 Å². The molecule has 0 aliphatic rings. The molecule has 0 amide bonds. The molecule has 2 aromatic rings. The second-order valence-corrected chi connectivity index (χ2v) is 6.71. The molecule has 0 atom stereocenters. The predicted octanol–water partition coefficient (Wildman–Crippen LogP) is 2.13. The Morgan fingerprint density at radius 3 is 2.57 bits per heavy atom. The monoisotopic (exact) mass is 321 g/mol. The third-order valence-corrected chi connectivity index (χ3v) is 4.72. The number of rotatable bonds is 4. The number of benzene rings is 1. The van der Waals surface area contributed by atoms with Crippen LogP contribution in [0.15, 0.2) is 41.4 Å². The molecule has 1 aromatic heterocycles. The van der Waals surface area contributed by atoms with Crippen LogP contribution in [0.1, 0.15) is 16.7 Å². The molecule has 0 unspecified atom stereocenters. The van der Waals surface area contributed by atoms with Crippen molar-refractivity contribution in [3.63, 3.8) is 0 Å².